The molecule has 2 aromatic carbocycles. The van der Waals surface area contributed by atoms with E-state index in [1.165, 1.54) is 37.7 Å². The fourth-order valence-electron chi connectivity index (χ4n) is 5.78. The van der Waals surface area contributed by atoms with E-state index in [0.29, 0.717) is 6.61 Å². The fourth-order valence-corrected chi connectivity index (χ4v) is 5.78. The molecule has 0 spiro atoms. The summed E-state index contributed by atoms with van der Waals surface area (Å²) in [4.78, 5) is 5.02. The van der Waals surface area contributed by atoms with Gasteiger partial charge in [-0.15, -0.1) is 0 Å². The Bertz CT molecular complexity index is 1230. The number of rotatable bonds is 12. The van der Waals surface area contributed by atoms with Crippen molar-refractivity contribution in [3.63, 3.8) is 0 Å². The van der Waals surface area contributed by atoms with Gasteiger partial charge >= 0.3 is 0 Å². The summed E-state index contributed by atoms with van der Waals surface area (Å²) in [5.41, 5.74) is 5.20. The Labute approximate surface area is 237 Å². The smallest absolute Gasteiger partial charge is 0.158 e. The molecule has 8 nitrogen and oxygen atoms in total. The van der Waals surface area contributed by atoms with Gasteiger partial charge < -0.3 is 34.3 Å². The van der Waals surface area contributed by atoms with Crippen molar-refractivity contribution in [1.29, 1.82) is 0 Å². The standard InChI is InChI=1S/C32H45N3O5/c1-4-6-7-8-9-10-18-35-25-17-12-21(3)19-24(25)34-31(35)22-13-15-23(16-14-22)33-32-29(37)28(36)30-26(39-32)20-38-27(40-30)11-5-2/h12-17,19,26-30,32-33,36-37H,4-11,18,20H2,1-3H3/t26-,27?,28-,29-,30-,32-/m1/s1. The molecule has 6 atom stereocenters. The number of unbranched alkanes of at least 4 members (excludes halogenated alkanes) is 5. The summed E-state index contributed by atoms with van der Waals surface area (Å²) in [6, 6.07) is 14.5. The normalized spacial score (nSPS) is 26.6. The first-order chi connectivity index (χ1) is 19.5. The summed E-state index contributed by atoms with van der Waals surface area (Å²) in [7, 11) is 0. The van der Waals surface area contributed by atoms with Crippen LogP contribution >= 0.6 is 0 Å². The molecule has 2 aliphatic rings. The number of aliphatic hydroxyl groups is 2. The van der Waals surface area contributed by atoms with E-state index in [1.807, 2.05) is 24.3 Å². The molecule has 0 radical (unpaired) electrons. The van der Waals surface area contributed by atoms with Gasteiger partial charge in [0.1, 0.15) is 30.2 Å². The van der Waals surface area contributed by atoms with Gasteiger partial charge in [0, 0.05) is 17.8 Å². The van der Waals surface area contributed by atoms with Crippen LogP contribution in [0.3, 0.4) is 0 Å². The molecule has 1 aromatic heterocycles. The Morgan fingerprint density at radius 3 is 2.48 bits per heavy atom. The van der Waals surface area contributed by atoms with Crippen LogP contribution in [-0.2, 0) is 20.8 Å². The summed E-state index contributed by atoms with van der Waals surface area (Å²) in [6.45, 7) is 7.66. The second kappa shape index (κ2) is 13.4. The molecule has 218 valence electrons. The van der Waals surface area contributed by atoms with Crippen LogP contribution in [0.1, 0.15) is 70.8 Å². The third kappa shape index (κ3) is 6.52. The van der Waals surface area contributed by atoms with Crippen LogP contribution in [0.25, 0.3) is 22.4 Å². The van der Waals surface area contributed by atoms with E-state index in [-0.39, 0.29) is 6.29 Å². The molecule has 5 rings (SSSR count). The highest BCUT2D eigenvalue weighted by molar-refractivity contribution is 5.81. The number of aromatic nitrogens is 2. The van der Waals surface area contributed by atoms with Crippen LogP contribution in [0, 0.1) is 6.92 Å². The predicted molar refractivity (Wildman–Crippen MR) is 157 cm³/mol. The lowest BCUT2D eigenvalue weighted by Crippen LogP contribution is -2.64. The van der Waals surface area contributed by atoms with Gasteiger partial charge in [-0.3, -0.25) is 0 Å². The first-order valence-corrected chi connectivity index (χ1v) is 15.1. The van der Waals surface area contributed by atoms with Gasteiger partial charge in [0.15, 0.2) is 12.5 Å². The van der Waals surface area contributed by atoms with Gasteiger partial charge in [0.05, 0.1) is 17.6 Å². The lowest BCUT2D eigenvalue weighted by atomic mass is 9.97. The minimum atomic E-state index is -1.13. The highest BCUT2D eigenvalue weighted by atomic mass is 16.7. The van der Waals surface area contributed by atoms with Crippen molar-refractivity contribution in [1.82, 2.24) is 9.55 Å². The molecule has 40 heavy (non-hydrogen) atoms. The van der Waals surface area contributed by atoms with E-state index < -0.39 is 30.6 Å². The quantitative estimate of drug-likeness (QED) is 0.246. The third-order valence-corrected chi connectivity index (χ3v) is 8.06. The molecule has 2 fully saturated rings. The van der Waals surface area contributed by atoms with Gasteiger partial charge in [-0.25, -0.2) is 4.98 Å². The van der Waals surface area contributed by atoms with Crippen LogP contribution in [-0.4, -0.2) is 63.3 Å². The third-order valence-electron chi connectivity index (χ3n) is 8.06. The molecule has 2 saturated heterocycles. The number of nitrogens with zero attached hydrogens (tertiary/aromatic N) is 2. The molecule has 8 heteroatoms. The number of aryl methyl sites for hydroxylation is 2. The lowest BCUT2D eigenvalue weighted by Gasteiger charge is -2.46. The molecule has 0 saturated carbocycles. The van der Waals surface area contributed by atoms with Crippen LogP contribution in [0.2, 0.25) is 0 Å². The number of hydrogen-bond acceptors (Lipinski definition) is 7. The highest BCUT2D eigenvalue weighted by Gasteiger charge is 2.48. The lowest BCUT2D eigenvalue weighted by molar-refractivity contribution is -0.322. The molecule has 3 N–H and O–H groups in total. The first-order valence-electron chi connectivity index (χ1n) is 15.1. The van der Waals surface area contributed by atoms with Crippen molar-refractivity contribution in [2.75, 3.05) is 11.9 Å². The van der Waals surface area contributed by atoms with E-state index in [1.54, 1.807) is 0 Å². The van der Waals surface area contributed by atoms with Crippen molar-refractivity contribution < 1.29 is 24.4 Å². The number of imidazole rings is 1. The second-order valence-electron chi connectivity index (χ2n) is 11.3. The van der Waals surface area contributed by atoms with Gasteiger partial charge in [0.25, 0.3) is 0 Å². The molecule has 3 aromatic rings. The Balaban J connectivity index is 1.28. The molecule has 0 aliphatic carbocycles. The average Bonchev–Trinajstić information content (AvgIpc) is 3.31. The van der Waals surface area contributed by atoms with Crippen molar-refractivity contribution in [2.45, 2.75) is 116 Å². The van der Waals surface area contributed by atoms with Gasteiger partial charge in [-0.05, 0) is 61.7 Å². The Morgan fingerprint density at radius 1 is 0.925 bits per heavy atom. The molecule has 3 heterocycles. The summed E-state index contributed by atoms with van der Waals surface area (Å²) in [5.74, 6) is 0.964. The van der Waals surface area contributed by atoms with E-state index >= 15 is 0 Å². The molecule has 2 aliphatic heterocycles. The van der Waals surface area contributed by atoms with Crippen molar-refractivity contribution in [3.8, 4) is 11.4 Å². The topological polar surface area (TPSA) is 98.0 Å². The maximum absolute atomic E-state index is 10.8. The number of aliphatic hydroxyl groups excluding tert-OH is 2. The maximum atomic E-state index is 10.8. The summed E-state index contributed by atoms with van der Waals surface area (Å²) < 4.78 is 20.1. The van der Waals surface area contributed by atoms with Crippen LogP contribution in [0.5, 0.6) is 0 Å². The highest BCUT2D eigenvalue weighted by Crippen LogP contribution is 2.31. The van der Waals surface area contributed by atoms with E-state index in [9.17, 15) is 10.2 Å². The van der Waals surface area contributed by atoms with Gasteiger partial charge in [-0.1, -0.05) is 58.4 Å². The predicted octanol–water partition coefficient (Wildman–Crippen LogP) is 5.77. The van der Waals surface area contributed by atoms with Crippen LogP contribution in [0.4, 0.5) is 5.69 Å². The van der Waals surface area contributed by atoms with Crippen LogP contribution in [0.15, 0.2) is 42.5 Å². The number of anilines is 1. The van der Waals surface area contributed by atoms with Gasteiger partial charge in [-0.2, -0.15) is 0 Å². The average molecular weight is 552 g/mol. The number of ether oxygens (including phenoxy) is 3. The van der Waals surface area contributed by atoms with Crippen molar-refractivity contribution >= 4 is 16.7 Å². The molecule has 0 bridgehead atoms. The van der Waals surface area contributed by atoms with Gasteiger partial charge in [0.2, 0.25) is 0 Å². The fraction of sp³-hybridized carbons (Fsp3) is 0.594. The zero-order valence-electron chi connectivity index (χ0n) is 24.1. The number of nitrogens with one attached hydrogen (secondary N) is 1. The second-order valence-corrected chi connectivity index (χ2v) is 11.3. The van der Waals surface area contributed by atoms with E-state index in [0.717, 1.165) is 53.9 Å². The van der Waals surface area contributed by atoms with Crippen LogP contribution < -0.4 is 5.32 Å². The van der Waals surface area contributed by atoms with Crippen molar-refractivity contribution in [2.24, 2.45) is 0 Å². The zero-order valence-corrected chi connectivity index (χ0v) is 24.1. The molecule has 1 unspecified atom stereocenters. The minimum Gasteiger partial charge on any atom is -0.387 e. The molecular formula is C32H45N3O5. The van der Waals surface area contributed by atoms with Crippen molar-refractivity contribution in [3.05, 3.63) is 48.0 Å². The molecule has 0 amide bonds. The van der Waals surface area contributed by atoms with E-state index in [4.69, 9.17) is 19.2 Å². The molecular weight excluding hydrogens is 506 g/mol. The summed E-state index contributed by atoms with van der Waals surface area (Å²) >= 11 is 0. The summed E-state index contributed by atoms with van der Waals surface area (Å²) in [5, 5.41) is 24.8. The zero-order chi connectivity index (χ0) is 28.1. The Morgan fingerprint density at radius 2 is 1.70 bits per heavy atom. The number of hydrogen-bond donors (Lipinski definition) is 3. The summed E-state index contributed by atoms with van der Waals surface area (Å²) in [6.07, 6.45) is 4.75. The number of fused-ring (bicyclic) bond motifs is 2. The monoisotopic (exact) mass is 551 g/mol. The largest absolute Gasteiger partial charge is 0.387 e. The minimum absolute atomic E-state index is 0.324. The maximum Gasteiger partial charge on any atom is 0.158 e. The Kier molecular flexibility index (Phi) is 9.76. The number of benzene rings is 2. The SMILES string of the molecule is CCCCCCCCn1c(-c2ccc(N[C@@H]3O[C@@H]4COC(CCC)O[C@H]4[C@H](O)[C@H]3O)cc2)nc2cc(C)ccc21. The van der Waals surface area contributed by atoms with E-state index in [2.05, 4.69) is 48.9 Å². The Hall–Kier alpha value is -2.49. The first kappa shape index (κ1) is 29.0.